The minimum atomic E-state index is -1.19. The Morgan fingerprint density at radius 3 is 2.33 bits per heavy atom. The van der Waals surface area contributed by atoms with E-state index in [4.69, 9.17) is 5.26 Å². The summed E-state index contributed by atoms with van der Waals surface area (Å²) in [5.41, 5.74) is 3.93. The Labute approximate surface area is 123 Å². The highest BCUT2D eigenvalue weighted by Gasteiger charge is 2.13. The molecule has 0 radical (unpaired) electrons. The third-order valence-corrected chi connectivity index (χ3v) is 3.43. The Kier molecular flexibility index (Phi) is 4.24. The summed E-state index contributed by atoms with van der Waals surface area (Å²) in [7, 11) is 0. The number of carbonyl (C=O) groups is 1. The van der Waals surface area contributed by atoms with E-state index >= 15 is 0 Å². The number of nitrogens with one attached hydrogen (secondary N) is 1. The summed E-state index contributed by atoms with van der Waals surface area (Å²) < 4.78 is 0. The molecular weight excluding hydrogens is 264 g/mol. The van der Waals surface area contributed by atoms with E-state index in [1.807, 2.05) is 32.0 Å². The van der Waals surface area contributed by atoms with Crippen molar-refractivity contribution >= 4 is 11.7 Å². The SMILES string of the molecule is Cc1ccc(C(Nc2ccc(C#N)cc2)C(=O)[O-])cc1C. The molecule has 2 aromatic rings. The molecule has 4 heteroatoms. The maximum Gasteiger partial charge on any atom is 0.0991 e. The molecule has 1 unspecified atom stereocenters. The largest absolute Gasteiger partial charge is 0.548 e. The predicted molar refractivity (Wildman–Crippen MR) is 78.4 cm³/mol. The average Bonchev–Trinajstić information content (AvgIpc) is 2.48. The molecule has 2 aromatic carbocycles. The molecule has 106 valence electrons. The molecule has 1 atom stereocenters. The van der Waals surface area contributed by atoms with Gasteiger partial charge >= 0.3 is 0 Å². The summed E-state index contributed by atoms with van der Waals surface area (Å²) in [4.78, 5) is 11.4. The van der Waals surface area contributed by atoms with Crippen molar-refractivity contribution < 1.29 is 9.90 Å². The minimum absolute atomic E-state index is 0.525. The van der Waals surface area contributed by atoms with Crippen molar-refractivity contribution in [2.24, 2.45) is 0 Å². The van der Waals surface area contributed by atoms with Crippen molar-refractivity contribution in [2.45, 2.75) is 19.9 Å². The second kappa shape index (κ2) is 6.10. The maximum absolute atomic E-state index is 11.4. The van der Waals surface area contributed by atoms with E-state index in [1.165, 1.54) is 0 Å². The Morgan fingerprint density at radius 2 is 1.81 bits per heavy atom. The van der Waals surface area contributed by atoms with E-state index in [0.29, 0.717) is 16.8 Å². The third kappa shape index (κ3) is 3.40. The van der Waals surface area contributed by atoms with Crippen LogP contribution in [0.3, 0.4) is 0 Å². The second-order valence-corrected chi connectivity index (χ2v) is 4.93. The highest BCUT2D eigenvalue weighted by atomic mass is 16.4. The standard InChI is InChI=1S/C17H16N2O2/c1-11-3-6-14(9-12(11)2)16(17(20)21)19-15-7-4-13(10-18)5-8-15/h3-9,16,19H,1-2H3,(H,20,21)/p-1. The summed E-state index contributed by atoms with van der Waals surface area (Å²) in [6.07, 6.45) is 0. The number of benzene rings is 2. The topological polar surface area (TPSA) is 76.0 Å². The molecule has 21 heavy (non-hydrogen) atoms. The number of carboxylic acid groups (broad SMARTS) is 1. The molecule has 0 saturated carbocycles. The summed E-state index contributed by atoms with van der Waals surface area (Å²) >= 11 is 0. The molecule has 0 aliphatic heterocycles. The normalized spacial score (nSPS) is 11.5. The number of carboxylic acids is 1. The van der Waals surface area contributed by atoms with Gasteiger partial charge in [-0.15, -0.1) is 0 Å². The van der Waals surface area contributed by atoms with E-state index in [2.05, 4.69) is 5.32 Å². The van der Waals surface area contributed by atoms with Crippen molar-refractivity contribution in [1.82, 2.24) is 0 Å². The van der Waals surface area contributed by atoms with E-state index < -0.39 is 12.0 Å². The van der Waals surface area contributed by atoms with Crippen LogP contribution in [0.4, 0.5) is 5.69 Å². The number of carbonyl (C=O) groups excluding carboxylic acids is 1. The highest BCUT2D eigenvalue weighted by molar-refractivity contribution is 5.77. The van der Waals surface area contributed by atoms with Gasteiger partial charge < -0.3 is 15.2 Å². The lowest BCUT2D eigenvalue weighted by Crippen LogP contribution is -2.34. The van der Waals surface area contributed by atoms with Gasteiger partial charge in [-0.1, -0.05) is 18.2 Å². The molecule has 0 heterocycles. The monoisotopic (exact) mass is 279 g/mol. The molecule has 0 spiro atoms. The Bertz CT molecular complexity index is 700. The molecule has 0 saturated heterocycles. The van der Waals surface area contributed by atoms with Crippen LogP contribution in [-0.2, 0) is 4.79 Å². The molecule has 0 fully saturated rings. The van der Waals surface area contributed by atoms with Crippen LogP contribution in [0.1, 0.15) is 28.3 Å². The van der Waals surface area contributed by atoms with Gasteiger partial charge in [0.2, 0.25) is 0 Å². The van der Waals surface area contributed by atoms with Crippen molar-refractivity contribution in [3.63, 3.8) is 0 Å². The molecule has 0 amide bonds. The Morgan fingerprint density at radius 1 is 1.14 bits per heavy atom. The number of nitriles is 1. The van der Waals surface area contributed by atoms with Gasteiger partial charge in [-0.05, 0) is 54.8 Å². The van der Waals surface area contributed by atoms with Crippen molar-refractivity contribution in [2.75, 3.05) is 5.32 Å². The van der Waals surface area contributed by atoms with Crippen LogP contribution in [0.5, 0.6) is 0 Å². The van der Waals surface area contributed by atoms with Gasteiger partial charge in [0.15, 0.2) is 0 Å². The summed E-state index contributed by atoms with van der Waals surface area (Å²) in [6.45, 7) is 3.91. The Balaban J connectivity index is 2.28. The fourth-order valence-corrected chi connectivity index (χ4v) is 2.03. The zero-order chi connectivity index (χ0) is 15.4. The zero-order valence-electron chi connectivity index (χ0n) is 11.9. The van der Waals surface area contributed by atoms with Crippen LogP contribution >= 0.6 is 0 Å². The number of hydrogen-bond donors (Lipinski definition) is 1. The summed E-state index contributed by atoms with van der Waals surface area (Å²) in [6, 6.07) is 13.2. The van der Waals surface area contributed by atoms with Crippen LogP contribution in [0, 0.1) is 25.2 Å². The predicted octanol–water partition coefficient (Wildman–Crippen LogP) is 2.08. The van der Waals surface area contributed by atoms with Crippen LogP contribution in [0.15, 0.2) is 42.5 Å². The average molecular weight is 279 g/mol. The van der Waals surface area contributed by atoms with Gasteiger partial charge in [0.05, 0.1) is 23.6 Å². The van der Waals surface area contributed by atoms with Crippen molar-refractivity contribution in [3.8, 4) is 6.07 Å². The number of rotatable bonds is 4. The van der Waals surface area contributed by atoms with Gasteiger partial charge in [-0.2, -0.15) is 5.26 Å². The van der Waals surface area contributed by atoms with Crippen LogP contribution < -0.4 is 10.4 Å². The number of nitrogens with zero attached hydrogens (tertiary/aromatic N) is 1. The van der Waals surface area contributed by atoms with Gasteiger partial charge in [0.1, 0.15) is 0 Å². The smallest absolute Gasteiger partial charge is 0.0991 e. The molecule has 1 N–H and O–H groups in total. The lowest BCUT2D eigenvalue weighted by Gasteiger charge is -2.22. The van der Waals surface area contributed by atoms with Crippen molar-refractivity contribution in [1.29, 1.82) is 5.26 Å². The first kappa shape index (κ1) is 14.6. The fourth-order valence-electron chi connectivity index (χ4n) is 2.03. The van der Waals surface area contributed by atoms with Gasteiger partial charge in [0, 0.05) is 5.69 Å². The van der Waals surface area contributed by atoms with E-state index in [1.54, 1.807) is 30.3 Å². The highest BCUT2D eigenvalue weighted by Crippen LogP contribution is 2.22. The van der Waals surface area contributed by atoms with E-state index in [0.717, 1.165) is 11.1 Å². The molecule has 0 aliphatic rings. The second-order valence-electron chi connectivity index (χ2n) is 4.93. The lowest BCUT2D eigenvalue weighted by molar-refractivity contribution is -0.307. The molecule has 0 bridgehead atoms. The molecule has 4 nitrogen and oxygen atoms in total. The zero-order valence-corrected chi connectivity index (χ0v) is 11.9. The lowest BCUT2D eigenvalue weighted by atomic mass is 10.0. The number of hydrogen-bond acceptors (Lipinski definition) is 4. The fraction of sp³-hybridized carbons (Fsp3) is 0.176. The van der Waals surface area contributed by atoms with E-state index in [9.17, 15) is 9.90 Å². The molecular formula is C17H15N2O2-. The van der Waals surface area contributed by atoms with Gasteiger partial charge in [0.25, 0.3) is 0 Å². The number of anilines is 1. The summed E-state index contributed by atoms with van der Waals surface area (Å²) in [5.74, 6) is -1.19. The van der Waals surface area contributed by atoms with E-state index in [-0.39, 0.29) is 0 Å². The first-order valence-corrected chi connectivity index (χ1v) is 6.56. The number of aliphatic carboxylic acids is 1. The van der Waals surface area contributed by atoms with Crippen LogP contribution in [-0.4, -0.2) is 5.97 Å². The van der Waals surface area contributed by atoms with Gasteiger partial charge in [-0.25, -0.2) is 0 Å². The Hall–Kier alpha value is -2.80. The first-order chi connectivity index (χ1) is 10.0. The number of aryl methyl sites for hydroxylation is 2. The molecule has 0 aromatic heterocycles. The third-order valence-electron chi connectivity index (χ3n) is 3.43. The van der Waals surface area contributed by atoms with Crippen LogP contribution in [0.2, 0.25) is 0 Å². The quantitative estimate of drug-likeness (QED) is 0.929. The molecule has 0 aliphatic carbocycles. The molecule has 2 rings (SSSR count). The van der Waals surface area contributed by atoms with Crippen molar-refractivity contribution in [3.05, 3.63) is 64.7 Å². The van der Waals surface area contributed by atoms with Gasteiger partial charge in [-0.3, -0.25) is 0 Å². The minimum Gasteiger partial charge on any atom is -0.548 e. The first-order valence-electron chi connectivity index (χ1n) is 6.56. The summed E-state index contributed by atoms with van der Waals surface area (Å²) in [5, 5.41) is 23.1. The maximum atomic E-state index is 11.4. The van der Waals surface area contributed by atoms with Crippen LogP contribution in [0.25, 0.3) is 0 Å².